The van der Waals surface area contributed by atoms with E-state index in [-0.39, 0.29) is 17.7 Å². The molecule has 0 spiro atoms. The highest BCUT2D eigenvalue weighted by Crippen LogP contribution is 2.46. The van der Waals surface area contributed by atoms with Gasteiger partial charge in [-0.15, -0.1) is 0 Å². The molecule has 1 saturated carbocycles. The van der Waals surface area contributed by atoms with Gasteiger partial charge in [0.2, 0.25) is 0 Å². The number of ether oxygens (including phenoxy) is 1. The fourth-order valence-electron chi connectivity index (χ4n) is 3.86. The minimum Gasteiger partial charge on any atom is -0.504 e. The first-order chi connectivity index (χ1) is 9.64. The molecule has 1 saturated heterocycles. The van der Waals surface area contributed by atoms with Crippen LogP contribution in [0.5, 0.6) is 11.5 Å². The van der Waals surface area contributed by atoms with Crippen LogP contribution in [0.4, 0.5) is 0 Å². The molecule has 4 heteroatoms. The lowest BCUT2D eigenvalue weighted by Gasteiger charge is -2.48. The van der Waals surface area contributed by atoms with Crippen molar-refractivity contribution in [2.75, 3.05) is 13.7 Å². The summed E-state index contributed by atoms with van der Waals surface area (Å²) in [5, 5.41) is 24.1. The molecule has 1 aromatic carbocycles. The smallest absolute Gasteiger partial charge is 0.160 e. The average molecular weight is 277 g/mol. The van der Waals surface area contributed by atoms with Gasteiger partial charge in [0.05, 0.1) is 12.7 Å². The van der Waals surface area contributed by atoms with Crippen LogP contribution in [-0.4, -0.2) is 29.5 Å². The number of fused-ring (bicyclic) bond motifs is 1. The number of aliphatic hydroxyl groups is 1. The third kappa shape index (κ3) is 2.27. The van der Waals surface area contributed by atoms with Crippen molar-refractivity contribution in [1.29, 1.82) is 0 Å². The molecule has 0 unspecified atom stereocenters. The van der Waals surface area contributed by atoms with Crippen LogP contribution in [-0.2, 0) is 0 Å². The molecule has 3 atom stereocenters. The van der Waals surface area contributed by atoms with Crippen LogP contribution in [0.25, 0.3) is 0 Å². The molecule has 1 heterocycles. The summed E-state index contributed by atoms with van der Waals surface area (Å²) in [6, 6.07) is 5.62. The standard InChI is InChI=1S/C16H23NO3/c1-20-14-10-11(5-6-13(14)18)15-12-4-2-3-7-16(12,19)8-9-17-15/h5-6,10,12,15,17-19H,2-4,7-9H2,1H3/t12-,15-,16-/m0/s1. The maximum Gasteiger partial charge on any atom is 0.160 e. The van der Waals surface area contributed by atoms with Crippen LogP contribution >= 0.6 is 0 Å². The van der Waals surface area contributed by atoms with Crippen molar-refractivity contribution in [2.45, 2.75) is 43.7 Å². The van der Waals surface area contributed by atoms with Crippen LogP contribution in [0.15, 0.2) is 18.2 Å². The van der Waals surface area contributed by atoms with E-state index in [0.717, 1.165) is 37.8 Å². The zero-order valence-corrected chi connectivity index (χ0v) is 11.9. The number of nitrogens with one attached hydrogen (secondary N) is 1. The molecule has 0 radical (unpaired) electrons. The van der Waals surface area contributed by atoms with E-state index in [1.165, 1.54) is 6.42 Å². The number of phenolic OH excluding ortho intramolecular Hbond substituents is 1. The Morgan fingerprint density at radius 3 is 2.95 bits per heavy atom. The van der Waals surface area contributed by atoms with Gasteiger partial charge in [-0.2, -0.15) is 0 Å². The van der Waals surface area contributed by atoms with E-state index in [1.807, 2.05) is 12.1 Å². The summed E-state index contributed by atoms with van der Waals surface area (Å²) in [6.45, 7) is 0.834. The Bertz CT molecular complexity index is 487. The Hall–Kier alpha value is -1.26. The monoisotopic (exact) mass is 277 g/mol. The van der Waals surface area contributed by atoms with Crippen LogP contribution in [0.2, 0.25) is 0 Å². The van der Waals surface area contributed by atoms with Gasteiger partial charge in [0.15, 0.2) is 11.5 Å². The summed E-state index contributed by atoms with van der Waals surface area (Å²) < 4.78 is 5.20. The van der Waals surface area contributed by atoms with Gasteiger partial charge in [-0.25, -0.2) is 0 Å². The third-order valence-electron chi connectivity index (χ3n) is 4.95. The zero-order chi connectivity index (χ0) is 14.2. The Labute approximate surface area is 119 Å². The van der Waals surface area contributed by atoms with Crippen molar-refractivity contribution < 1.29 is 14.9 Å². The molecule has 3 N–H and O–H groups in total. The number of piperidine rings is 1. The van der Waals surface area contributed by atoms with Crippen molar-refractivity contribution in [1.82, 2.24) is 5.32 Å². The second-order valence-electron chi connectivity index (χ2n) is 6.07. The van der Waals surface area contributed by atoms with Gasteiger partial charge in [-0.05, 0) is 43.5 Å². The van der Waals surface area contributed by atoms with E-state index in [9.17, 15) is 10.2 Å². The predicted octanol–water partition coefficient (Wildman–Crippen LogP) is 2.36. The van der Waals surface area contributed by atoms with E-state index < -0.39 is 5.60 Å². The Kier molecular flexibility index (Phi) is 3.61. The van der Waals surface area contributed by atoms with Crippen LogP contribution in [0.1, 0.15) is 43.7 Å². The van der Waals surface area contributed by atoms with Crippen molar-refractivity contribution in [3.63, 3.8) is 0 Å². The largest absolute Gasteiger partial charge is 0.504 e. The van der Waals surface area contributed by atoms with Crippen molar-refractivity contribution in [2.24, 2.45) is 5.92 Å². The van der Waals surface area contributed by atoms with E-state index in [4.69, 9.17) is 4.74 Å². The number of phenols is 1. The van der Waals surface area contributed by atoms with Crippen LogP contribution < -0.4 is 10.1 Å². The molecule has 0 bridgehead atoms. The summed E-state index contributed by atoms with van der Waals surface area (Å²) in [4.78, 5) is 0. The predicted molar refractivity (Wildman–Crippen MR) is 76.9 cm³/mol. The molecule has 110 valence electrons. The third-order valence-corrected chi connectivity index (χ3v) is 4.95. The molecule has 2 fully saturated rings. The first-order valence-electron chi connectivity index (χ1n) is 7.47. The zero-order valence-electron chi connectivity index (χ0n) is 11.9. The molecular weight excluding hydrogens is 254 g/mol. The quantitative estimate of drug-likeness (QED) is 0.776. The summed E-state index contributed by atoms with van der Waals surface area (Å²) in [6.07, 6.45) is 5.10. The topological polar surface area (TPSA) is 61.7 Å². The molecule has 1 aliphatic carbocycles. The number of aromatic hydroxyl groups is 1. The SMILES string of the molecule is COc1cc([C@@H]2NCC[C@@]3(O)CCCC[C@@H]23)ccc1O. The molecule has 2 aliphatic rings. The first kappa shape index (κ1) is 13.7. The number of hydrogen-bond acceptors (Lipinski definition) is 4. The van der Waals surface area contributed by atoms with Crippen molar-refractivity contribution >= 4 is 0 Å². The molecular formula is C16H23NO3. The van der Waals surface area contributed by atoms with Gasteiger partial charge in [0.25, 0.3) is 0 Å². The number of hydrogen-bond donors (Lipinski definition) is 3. The van der Waals surface area contributed by atoms with Crippen molar-refractivity contribution in [3.8, 4) is 11.5 Å². The second kappa shape index (κ2) is 5.26. The summed E-state index contributed by atoms with van der Waals surface area (Å²) in [5.74, 6) is 0.902. The number of benzene rings is 1. The van der Waals surface area contributed by atoms with E-state index in [1.54, 1.807) is 13.2 Å². The molecule has 3 rings (SSSR count). The molecule has 1 aliphatic heterocycles. The van der Waals surface area contributed by atoms with Gasteiger partial charge >= 0.3 is 0 Å². The van der Waals surface area contributed by atoms with Gasteiger partial charge in [-0.3, -0.25) is 0 Å². The highest BCUT2D eigenvalue weighted by atomic mass is 16.5. The molecule has 0 aromatic heterocycles. The van der Waals surface area contributed by atoms with Gasteiger partial charge in [-0.1, -0.05) is 18.9 Å². The first-order valence-corrected chi connectivity index (χ1v) is 7.47. The van der Waals surface area contributed by atoms with E-state index >= 15 is 0 Å². The van der Waals surface area contributed by atoms with E-state index in [0.29, 0.717) is 5.75 Å². The van der Waals surface area contributed by atoms with E-state index in [2.05, 4.69) is 5.32 Å². The molecule has 1 aromatic rings. The van der Waals surface area contributed by atoms with Crippen LogP contribution in [0, 0.1) is 5.92 Å². The fourth-order valence-corrected chi connectivity index (χ4v) is 3.86. The maximum atomic E-state index is 10.9. The van der Waals surface area contributed by atoms with Gasteiger partial charge < -0.3 is 20.3 Å². The minimum atomic E-state index is -0.528. The lowest BCUT2D eigenvalue weighted by Crippen LogP contribution is -2.53. The summed E-state index contributed by atoms with van der Waals surface area (Å²) in [7, 11) is 1.56. The minimum absolute atomic E-state index is 0.142. The summed E-state index contributed by atoms with van der Waals surface area (Å²) >= 11 is 0. The highest BCUT2D eigenvalue weighted by Gasteiger charge is 2.45. The lowest BCUT2D eigenvalue weighted by molar-refractivity contribution is -0.0861. The lowest BCUT2D eigenvalue weighted by atomic mass is 9.67. The highest BCUT2D eigenvalue weighted by molar-refractivity contribution is 5.43. The Morgan fingerprint density at radius 2 is 2.15 bits per heavy atom. The van der Waals surface area contributed by atoms with Crippen molar-refractivity contribution in [3.05, 3.63) is 23.8 Å². The van der Waals surface area contributed by atoms with Gasteiger partial charge in [0, 0.05) is 12.0 Å². The van der Waals surface area contributed by atoms with Crippen LogP contribution in [0.3, 0.4) is 0 Å². The Balaban J connectivity index is 1.92. The molecule has 0 amide bonds. The number of rotatable bonds is 2. The maximum absolute atomic E-state index is 10.9. The molecule has 20 heavy (non-hydrogen) atoms. The molecule has 4 nitrogen and oxygen atoms in total. The normalized spacial score (nSPS) is 33.5. The van der Waals surface area contributed by atoms with Gasteiger partial charge in [0.1, 0.15) is 0 Å². The second-order valence-corrected chi connectivity index (χ2v) is 6.07. The average Bonchev–Trinajstić information content (AvgIpc) is 2.46. The fraction of sp³-hybridized carbons (Fsp3) is 0.625. The Morgan fingerprint density at radius 1 is 1.30 bits per heavy atom. The summed E-state index contributed by atoms with van der Waals surface area (Å²) in [5.41, 5.74) is 0.559. The number of methoxy groups -OCH3 is 1.